The van der Waals surface area contributed by atoms with Crippen LogP contribution in [0.4, 0.5) is 0 Å². The molecule has 0 spiro atoms. The SMILES string of the molecule is O=C([O-])CN(CCO)CCCO.[Na+]. The number of hydrogen-bond acceptors (Lipinski definition) is 5. The number of carboxylic acid groups (broad SMARTS) is 1. The van der Waals surface area contributed by atoms with Gasteiger partial charge in [-0.25, -0.2) is 0 Å². The number of aliphatic carboxylic acids is 1. The number of rotatable bonds is 7. The summed E-state index contributed by atoms with van der Waals surface area (Å²) < 4.78 is 0. The van der Waals surface area contributed by atoms with Gasteiger partial charge in [0.2, 0.25) is 0 Å². The van der Waals surface area contributed by atoms with Crippen LogP contribution in [0.25, 0.3) is 0 Å². The summed E-state index contributed by atoms with van der Waals surface area (Å²) in [6.07, 6.45) is 0.507. The maximum Gasteiger partial charge on any atom is 1.00 e. The molecule has 0 saturated carbocycles. The summed E-state index contributed by atoms with van der Waals surface area (Å²) in [6, 6.07) is 0. The second-order valence-electron chi connectivity index (χ2n) is 2.45. The van der Waals surface area contributed by atoms with E-state index in [1.54, 1.807) is 0 Å². The Kier molecular flexibility index (Phi) is 12.7. The number of carbonyl (C=O) groups excluding carboxylic acids is 1. The molecular weight excluding hydrogens is 185 g/mol. The first-order valence-electron chi connectivity index (χ1n) is 3.84. The van der Waals surface area contributed by atoms with Crippen molar-refractivity contribution >= 4 is 5.97 Å². The Morgan fingerprint density at radius 1 is 1.23 bits per heavy atom. The van der Waals surface area contributed by atoms with E-state index in [1.807, 2.05) is 0 Å². The van der Waals surface area contributed by atoms with E-state index in [2.05, 4.69) is 0 Å². The smallest absolute Gasteiger partial charge is 0.549 e. The largest absolute Gasteiger partial charge is 1.00 e. The molecule has 72 valence electrons. The van der Waals surface area contributed by atoms with E-state index in [0.29, 0.717) is 19.5 Å². The van der Waals surface area contributed by atoms with Crippen molar-refractivity contribution in [2.45, 2.75) is 6.42 Å². The molecule has 0 aromatic rings. The summed E-state index contributed by atoms with van der Waals surface area (Å²) in [5.41, 5.74) is 0. The van der Waals surface area contributed by atoms with Crippen molar-refractivity contribution in [3.63, 3.8) is 0 Å². The van der Waals surface area contributed by atoms with Gasteiger partial charge >= 0.3 is 29.6 Å². The van der Waals surface area contributed by atoms with Crippen LogP contribution < -0.4 is 34.7 Å². The molecule has 0 atom stereocenters. The summed E-state index contributed by atoms with van der Waals surface area (Å²) in [6.45, 7) is 0.507. The first kappa shape index (κ1) is 15.8. The number of aliphatic hydroxyl groups is 2. The number of carbonyl (C=O) groups is 1. The van der Waals surface area contributed by atoms with Gasteiger partial charge < -0.3 is 20.1 Å². The first-order chi connectivity index (χ1) is 5.70. The number of hydrogen-bond donors (Lipinski definition) is 2. The molecule has 0 bridgehead atoms. The number of aliphatic hydroxyl groups excluding tert-OH is 2. The Morgan fingerprint density at radius 3 is 2.23 bits per heavy atom. The third kappa shape index (κ3) is 10.3. The van der Waals surface area contributed by atoms with Gasteiger partial charge in [0.15, 0.2) is 0 Å². The Labute approximate surface area is 99.6 Å². The molecule has 0 aliphatic carbocycles. The summed E-state index contributed by atoms with van der Waals surface area (Å²) in [7, 11) is 0. The van der Waals surface area contributed by atoms with Crippen LogP contribution in [0.3, 0.4) is 0 Å². The molecule has 0 aromatic heterocycles. The normalized spacial score (nSPS) is 9.77. The van der Waals surface area contributed by atoms with Crippen molar-refractivity contribution in [3.8, 4) is 0 Å². The van der Waals surface area contributed by atoms with E-state index in [1.165, 1.54) is 4.90 Å². The van der Waals surface area contributed by atoms with Gasteiger partial charge in [0, 0.05) is 26.2 Å². The molecule has 0 rings (SSSR count). The standard InChI is InChI=1S/C7H15NO4.Na/c9-4-1-2-8(3-5-10)6-7(11)12;/h9-10H,1-6H2,(H,11,12);/q;+1/p-1. The van der Waals surface area contributed by atoms with Crippen molar-refractivity contribution in [1.29, 1.82) is 0 Å². The maximum absolute atomic E-state index is 10.2. The van der Waals surface area contributed by atoms with Crippen molar-refractivity contribution in [2.24, 2.45) is 0 Å². The van der Waals surface area contributed by atoms with Gasteiger partial charge in [-0.1, -0.05) is 0 Å². The zero-order valence-electron chi connectivity index (χ0n) is 7.90. The zero-order chi connectivity index (χ0) is 9.40. The van der Waals surface area contributed by atoms with Crippen LogP contribution in [0, 0.1) is 0 Å². The first-order valence-corrected chi connectivity index (χ1v) is 3.84. The van der Waals surface area contributed by atoms with Gasteiger partial charge in [-0.2, -0.15) is 0 Å². The van der Waals surface area contributed by atoms with Crippen molar-refractivity contribution in [3.05, 3.63) is 0 Å². The predicted octanol–water partition coefficient (Wildman–Crippen LogP) is -5.58. The Hall–Kier alpha value is 0.350. The number of nitrogens with zero attached hydrogens (tertiary/aromatic N) is 1. The summed E-state index contributed by atoms with van der Waals surface area (Å²) in [4.78, 5) is 11.7. The summed E-state index contributed by atoms with van der Waals surface area (Å²) in [5, 5.41) is 27.1. The fourth-order valence-corrected chi connectivity index (χ4v) is 0.888. The Balaban J connectivity index is 0. The second-order valence-corrected chi connectivity index (χ2v) is 2.45. The minimum atomic E-state index is -1.17. The van der Waals surface area contributed by atoms with Gasteiger partial charge in [0.05, 0.1) is 12.6 Å². The third-order valence-corrected chi connectivity index (χ3v) is 1.40. The van der Waals surface area contributed by atoms with Crippen molar-refractivity contribution in [2.75, 3.05) is 32.8 Å². The van der Waals surface area contributed by atoms with Crippen molar-refractivity contribution < 1.29 is 49.7 Å². The fourth-order valence-electron chi connectivity index (χ4n) is 0.888. The summed E-state index contributed by atoms with van der Waals surface area (Å²) in [5.74, 6) is -1.17. The third-order valence-electron chi connectivity index (χ3n) is 1.40. The second kappa shape index (κ2) is 10.4. The molecule has 0 saturated heterocycles. The topological polar surface area (TPSA) is 83.8 Å². The summed E-state index contributed by atoms with van der Waals surface area (Å²) >= 11 is 0. The quantitative estimate of drug-likeness (QED) is 0.399. The van der Waals surface area contributed by atoms with Gasteiger partial charge in [-0.3, -0.25) is 4.90 Å². The predicted molar refractivity (Wildman–Crippen MR) is 40.2 cm³/mol. The van der Waals surface area contributed by atoms with E-state index < -0.39 is 5.97 Å². The van der Waals surface area contributed by atoms with Crippen LogP contribution >= 0.6 is 0 Å². The van der Waals surface area contributed by atoms with E-state index >= 15 is 0 Å². The average Bonchev–Trinajstić information content (AvgIpc) is 2.00. The number of carboxylic acids is 1. The van der Waals surface area contributed by atoms with Crippen LogP contribution in [-0.2, 0) is 4.79 Å². The molecule has 0 aromatic carbocycles. The van der Waals surface area contributed by atoms with Crippen LogP contribution in [0.1, 0.15) is 6.42 Å². The molecule has 0 heterocycles. The van der Waals surface area contributed by atoms with Gasteiger partial charge in [-0.15, -0.1) is 0 Å². The molecule has 0 amide bonds. The van der Waals surface area contributed by atoms with Gasteiger partial charge in [0.1, 0.15) is 0 Å². The van der Waals surface area contributed by atoms with E-state index in [-0.39, 0.29) is 49.3 Å². The zero-order valence-corrected chi connectivity index (χ0v) is 9.90. The molecule has 0 fully saturated rings. The van der Waals surface area contributed by atoms with Crippen LogP contribution in [0.5, 0.6) is 0 Å². The molecular formula is C7H14NNaO4. The molecule has 0 aliphatic rings. The van der Waals surface area contributed by atoms with Crippen molar-refractivity contribution in [1.82, 2.24) is 4.90 Å². The molecule has 2 N–H and O–H groups in total. The minimum Gasteiger partial charge on any atom is -0.549 e. The van der Waals surface area contributed by atoms with Crippen LogP contribution in [0.15, 0.2) is 0 Å². The molecule has 0 aliphatic heterocycles. The van der Waals surface area contributed by atoms with Crippen LogP contribution in [-0.4, -0.2) is 53.9 Å². The molecule has 0 radical (unpaired) electrons. The minimum absolute atomic E-state index is 0. The fraction of sp³-hybridized carbons (Fsp3) is 0.857. The van der Waals surface area contributed by atoms with Crippen LogP contribution in [0.2, 0.25) is 0 Å². The monoisotopic (exact) mass is 199 g/mol. The van der Waals surface area contributed by atoms with E-state index in [9.17, 15) is 9.90 Å². The van der Waals surface area contributed by atoms with E-state index in [0.717, 1.165) is 0 Å². The van der Waals surface area contributed by atoms with Gasteiger partial charge in [-0.05, 0) is 6.42 Å². The Bertz CT molecular complexity index is 134. The molecule has 13 heavy (non-hydrogen) atoms. The van der Waals surface area contributed by atoms with E-state index in [4.69, 9.17) is 10.2 Å². The molecule has 0 unspecified atom stereocenters. The Morgan fingerprint density at radius 2 is 1.85 bits per heavy atom. The molecule has 5 nitrogen and oxygen atoms in total. The van der Waals surface area contributed by atoms with Gasteiger partial charge in [0.25, 0.3) is 0 Å². The maximum atomic E-state index is 10.2. The molecule has 6 heteroatoms. The average molecular weight is 199 g/mol.